The summed E-state index contributed by atoms with van der Waals surface area (Å²) in [6.07, 6.45) is 9.63. The van der Waals surface area contributed by atoms with E-state index in [0.717, 1.165) is 38.1 Å². The van der Waals surface area contributed by atoms with Crippen LogP contribution < -0.4 is 10.6 Å². The zero-order chi connectivity index (χ0) is 13.3. The third-order valence-corrected chi connectivity index (χ3v) is 3.41. The second-order valence-electron chi connectivity index (χ2n) is 5.19. The third kappa shape index (κ3) is 7.17. The van der Waals surface area contributed by atoms with E-state index in [1.807, 2.05) is 0 Å². The topological polar surface area (TPSA) is 41.4 Å². The molecule has 1 fully saturated rings. The van der Waals surface area contributed by atoms with E-state index in [1.54, 1.807) is 0 Å². The Morgan fingerprint density at radius 2 is 2.00 bits per heavy atom. The SMILES string of the molecule is CCNC(=NCCCC1CC1)NCCn1cccc1.I. The molecule has 0 saturated heterocycles. The van der Waals surface area contributed by atoms with Crippen molar-refractivity contribution in [2.24, 2.45) is 10.9 Å². The van der Waals surface area contributed by atoms with Crippen molar-refractivity contribution in [1.82, 2.24) is 15.2 Å². The predicted molar refractivity (Wildman–Crippen MR) is 95.8 cm³/mol. The second kappa shape index (κ2) is 10.1. The first-order chi connectivity index (χ1) is 9.38. The smallest absolute Gasteiger partial charge is 0.191 e. The van der Waals surface area contributed by atoms with Crippen LogP contribution in [0.25, 0.3) is 0 Å². The summed E-state index contributed by atoms with van der Waals surface area (Å²) < 4.78 is 2.17. The highest BCUT2D eigenvalue weighted by Gasteiger charge is 2.19. The fourth-order valence-electron chi connectivity index (χ4n) is 2.14. The lowest BCUT2D eigenvalue weighted by Crippen LogP contribution is -2.38. The van der Waals surface area contributed by atoms with Crippen molar-refractivity contribution < 1.29 is 0 Å². The van der Waals surface area contributed by atoms with E-state index >= 15 is 0 Å². The predicted octanol–water partition coefficient (Wildman–Crippen LogP) is 2.85. The highest BCUT2D eigenvalue weighted by atomic mass is 127. The molecule has 0 aliphatic heterocycles. The van der Waals surface area contributed by atoms with Gasteiger partial charge in [0.2, 0.25) is 0 Å². The molecule has 5 heteroatoms. The molecule has 0 unspecified atom stereocenters. The number of rotatable bonds is 8. The van der Waals surface area contributed by atoms with Crippen molar-refractivity contribution in [2.45, 2.75) is 39.2 Å². The van der Waals surface area contributed by atoms with Crippen molar-refractivity contribution in [3.8, 4) is 0 Å². The Labute approximate surface area is 139 Å². The van der Waals surface area contributed by atoms with Gasteiger partial charge in [0.15, 0.2) is 5.96 Å². The normalized spacial score (nSPS) is 14.8. The quantitative estimate of drug-likeness (QED) is 0.310. The molecule has 1 heterocycles. The zero-order valence-electron chi connectivity index (χ0n) is 12.3. The van der Waals surface area contributed by atoms with E-state index in [1.165, 1.54) is 25.7 Å². The molecule has 1 aliphatic carbocycles. The van der Waals surface area contributed by atoms with Gasteiger partial charge in [0.05, 0.1) is 0 Å². The second-order valence-corrected chi connectivity index (χ2v) is 5.19. The first kappa shape index (κ1) is 17.3. The first-order valence-corrected chi connectivity index (χ1v) is 7.51. The Hall–Kier alpha value is -0.720. The van der Waals surface area contributed by atoms with Gasteiger partial charge in [-0.1, -0.05) is 12.8 Å². The number of aromatic nitrogens is 1. The van der Waals surface area contributed by atoms with E-state index in [-0.39, 0.29) is 24.0 Å². The average molecular weight is 390 g/mol. The van der Waals surface area contributed by atoms with Crippen LogP contribution in [-0.4, -0.2) is 30.2 Å². The molecule has 0 bridgehead atoms. The first-order valence-electron chi connectivity index (χ1n) is 7.51. The summed E-state index contributed by atoms with van der Waals surface area (Å²) in [6.45, 7) is 5.84. The van der Waals surface area contributed by atoms with E-state index in [4.69, 9.17) is 0 Å². The molecule has 20 heavy (non-hydrogen) atoms. The monoisotopic (exact) mass is 390 g/mol. The maximum atomic E-state index is 4.62. The maximum Gasteiger partial charge on any atom is 0.191 e. The van der Waals surface area contributed by atoms with Crippen molar-refractivity contribution in [3.63, 3.8) is 0 Å². The van der Waals surface area contributed by atoms with Gasteiger partial charge in [0, 0.05) is 38.6 Å². The van der Waals surface area contributed by atoms with Crippen LogP contribution in [0.1, 0.15) is 32.6 Å². The lowest BCUT2D eigenvalue weighted by atomic mass is 10.2. The number of guanidine groups is 1. The molecule has 1 aromatic rings. The molecular formula is C15H27IN4. The van der Waals surface area contributed by atoms with Gasteiger partial charge in [-0.15, -0.1) is 24.0 Å². The van der Waals surface area contributed by atoms with Crippen LogP contribution in [0.15, 0.2) is 29.5 Å². The van der Waals surface area contributed by atoms with Gasteiger partial charge >= 0.3 is 0 Å². The molecule has 2 N–H and O–H groups in total. The molecule has 0 spiro atoms. The number of hydrogen-bond donors (Lipinski definition) is 2. The highest BCUT2D eigenvalue weighted by Crippen LogP contribution is 2.33. The molecule has 4 nitrogen and oxygen atoms in total. The van der Waals surface area contributed by atoms with Crippen LogP contribution in [0.4, 0.5) is 0 Å². The van der Waals surface area contributed by atoms with Crippen molar-refractivity contribution in [1.29, 1.82) is 0 Å². The van der Waals surface area contributed by atoms with Gasteiger partial charge in [-0.3, -0.25) is 4.99 Å². The summed E-state index contributed by atoms with van der Waals surface area (Å²) in [5, 5.41) is 6.68. The maximum absolute atomic E-state index is 4.62. The van der Waals surface area contributed by atoms with Crippen LogP contribution in [-0.2, 0) is 6.54 Å². The van der Waals surface area contributed by atoms with Crippen molar-refractivity contribution in [3.05, 3.63) is 24.5 Å². The van der Waals surface area contributed by atoms with Gasteiger partial charge in [0.1, 0.15) is 0 Å². The fourth-order valence-corrected chi connectivity index (χ4v) is 2.14. The van der Waals surface area contributed by atoms with Gasteiger partial charge in [0.25, 0.3) is 0 Å². The molecule has 1 saturated carbocycles. The molecule has 0 amide bonds. The minimum absolute atomic E-state index is 0. The van der Waals surface area contributed by atoms with Crippen LogP contribution in [0.5, 0.6) is 0 Å². The molecule has 1 aromatic heterocycles. The Morgan fingerprint density at radius 1 is 1.25 bits per heavy atom. The number of aliphatic imine (C=N–C) groups is 1. The van der Waals surface area contributed by atoms with E-state index in [0.29, 0.717) is 0 Å². The van der Waals surface area contributed by atoms with E-state index in [2.05, 4.69) is 51.6 Å². The fraction of sp³-hybridized carbons (Fsp3) is 0.667. The molecule has 0 atom stereocenters. The summed E-state index contributed by atoms with van der Waals surface area (Å²) in [5.74, 6) is 1.96. The summed E-state index contributed by atoms with van der Waals surface area (Å²) in [7, 11) is 0. The minimum Gasteiger partial charge on any atom is -0.357 e. The summed E-state index contributed by atoms with van der Waals surface area (Å²) in [5.41, 5.74) is 0. The largest absolute Gasteiger partial charge is 0.357 e. The average Bonchev–Trinajstić information content (AvgIpc) is 3.09. The molecule has 2 rings (SSSR count). The Kier molecular flexibility index (Phi) is 8.73. The Morgan fingerprint density at radius 3 is 2.65 bits per heavy atom. The van der Waals surface area contributed by atoms with Crippen LogP contribution in [0, 0.1) is 5.92 Å². The van der Waals surface area contributed by atoms with Gasteiger partial charge in [-0.05, 0) is 37.8 Å². The van der Waals surface area contributed by atoms with Crippen LogP contribution >= 0.6 is 24.0 Å². The van der Waals surface area contributed by atoms with Crippen LogP contribution in [0.2, 0.25) is 0 Å². The van der Waals surface area contributed by atoms with Crippen LogP contribution in [0.3, 0.4) is 0 Å². The minimum atomic E-state index is 0. The third-order valence-electron chi connectivity index (χ3n) is 3.41. The molecule has 0 radical (unpaired) electrons. The Bertz CT molecular complexity index is 371. The highest BCUT2D eigenvalue weighted by molar-refractivity contribution is 14.0. The molecule has 1 aliphatic rings. The number of hydrogen-bond acceptors (Lipinski definition) is 1. The number of nitrogens with zero attached hydrogens (tertiary/aromatic N) is 2. The van der Waals surface area contributed by atoms with Gasteiger partial charge in [-0.25, -0.2) is 0 Å². The summed E-state index contributed by atoms with van der Waals surface area (Å²) in [6, 6.07) is 4.11. The summed E-state index contributed by atoms with van der Waals surface area (Å²) >= 11 is 0. The lowest BCUT2D eigenvalue weighted by Gasteiger charge is -2.11. The zero-order valence-corrected chi connectivity index (χ0v) is 14.7. The molecular weight excluding hydrogens is 363 g/mol. The number of nitrogens with one attached hydrogen (secondary N) is 2. The van der Waals surface area contributed by atoms with E-state index < -0.39 is 0 Å². The standard InChI is InChI=1S/C15H26N4.HI/c1-2-16-15(17-9-5-6-14-7-8-14)18-10-13-19-11-3-4-12-19;/h3-4,11-12,14H,2,5-10,13H2,1H3,(H2,16,17,18);1H. The van der Waals surface area contributed by atoms with Crippen molar-refractivity contribution >= 4 is 29.9 Å². The van der Waals surface area contributed by atoms with E-state index in [9.17, 15) is 0 Å². The summed E-state index contributed by atoms with van der Waals surface area (Å²) in [4.78, 5) is 4.62. The van der Waals surface area contributed by atoms with Crippen molar-refractivity contribution in [2.75, 3.05) is 19.6 Å². The lowest BCUT2D eigenvalue weighted by molar-refractivity contribution is 0.654. The molecule has 0 aromatic carbocycles. The van der Waals surface area contributed by atoms with Gasteiger partial charge in [-0.2, -0.15) is 0 Å². The number of halogens is 1. The molecule has 114 valence electrons. The van der Waals surface area contributed by atoms with Gasteiger partial charge < -0.3 is 15.2 Å². The Balaban J connectivity index is 0.00000200.